The van der Waals surface area contributed by atoms with Gasteiger partial charge in [0.15, 0.2) is 0 Å². The van der Waals surface area contributed by atoms with E-state index in [-0.39, 0.29) is 0 Å². The first-order chi connectivity index (χ1) is 9.29. The van der Waals surface area contributed by atoms with E-state index in [1.165, 1.54) is 11.3 Å². The second kappa shape index (κ2) is 4.74. The molecule has 1 atom stereocenters. The van der Waals surface area contributed by atoms with Gasteiger partial charge in [-0.05, 0) is 43.5 Å². The Kier molecular flexibility index (Phi) is 2.92. The zero-order valence-corrected chi connectivity index (χ0v) is 10.9. The summed E-state index contributed by atoms with van der Waals surface area (Å²) in [6.07, 6.45) is 3.92. The molecule has 3 rings (SSSR count). The van der Waals surface area contributed by atoms with Crippen molar-refractivity contribution in [3.05, 3.63) is 53.7 Å². The first-order valence-corrected chi connectivity index (χ1v) is 6.53. The molecule has 0 N–H and O–H groups in total. The van der Waals surface area contributed by atoms with Gasteiger partial charge in [0.05, 0.1) is 11.6 Å². The predicted octanol–water partition coefficient (Wildman–Crippen LogP) is 3.43. The summed E-state index contributed by atoms with van der Waals surface area (Å²) in [4.78, 5) is 6.67. The number of nitrogens with zero attached hydrogens (tertiary/aromatic N) is 3. The van der Waals surface area contributed by atoms with Gasteiger partial charge in [-0.25, -0.2) is 4.98 Å². The molecule has 0 radical (unpaired) electrons. The first-order valence-electron chi connectivity index (χ1n) is 6.53. The van der Waals surface area contributed by atoms with Crippen LogP contribution in [0.15, 0.2) is 42.6 Å². The zero-order valence-electron chi connectivity index (χ0n) is 10.9. The Morgan fingerprint density at radius 3 is 3.00 bits per heavy atom. The van der Waals surface area contributed by atoms with Crippen LogP contribution in [-0.4, -0.2) is 11.0 Å². The largest absolute Gasteiger partial charge is 0.323 e. The molecule has 1 aliphatic rings. The molecule has 1 aromatic carbocycles. The van der Waals surface area contributed by atoms with Crippen LogP contribution in [0.25, 0.3) is 0 Å². The van der Waals surface area contributed by atoms with Crippen molar-refractivity contribution >= 4 is 11.5 Å². The van der Waals surface area contributed by atoms with Gasteiger partial charge in [-0.15, -0.1) is 0 Å². The van der Waals surface area contributed by atoms with E-state index in [1.54, 1.807) is 12.3 Å². The van der Waals surface area contributed by atoms with E-state index in [0.29, 0.717) is 11.6 Å². The summed E-state index contributed by atoms with van der Waals surface area (Å²) in [5.41, 5.74) is 3.22. The van der Waals surface area contributed by atoms with E-state index in [4.69, 9.17) is 5.26 Å². The van der Waals surface area contributed by atoms with Gasteiger partial charge in [0.1, 0.15) is 5.82 Å². The fraction of sp³-hybridized carbons (Fsp3) is 0.250. The molecule has 0 saturated carbocycles. The predicted molar refractivity (Wildman–Crippen MR) is 75.3 cm³/mol. The minimum absolute atomic E-state index is 0.399. The van der Waals surface area contributed by atoms with Gasteiger partial charge < -0.3 is 4.90 Å². The highest BCUT2D eigenvalue weighted by Crippen LogP contribution is 2.35. The molecule has 0 saturated heterocycles. The van der Waals surface area contributed by atoms with Crippen LogP contribution in [0, 0.1) is 11.3 Å². The molecule has 0 fully saturated rings. The average molecular weight is 249 g/mol. The number of hydrogen-bond donors (Lipinski definition) is 0. The maximum absolute atomic E-state index is 9.03. The maximum Gasteiger partial charge on any atom is 0.134 e. The lowest BCUT2D eigenvalue weighted by atomic mass is 9.96. The lowest BCUT2D eigenvalue weighted by Crippen LogP contribution is -2.33. The smallest absolute Gasteiger partial charge is 0.134 e. The highest BCUT2D eigenvalue weighted by atomic mass is 15.2. The van der Waals surface area contributed by atoms with E-state index < -0.39 is 0 Å². The van der Waals surface area contributed by atoms with Crippen molar-refractivity contribution in [1.29, 1.82) is 5.26 Å². The minimum atomic E-state index is 0.399. The molecule has 1 unspecified atom stereocenters. The number of aromatic nitrogens is 1. The number of nitriles is 1. The molecule has 0 aliphatic carbocycles. The SMILES string of the molecule is CC1CCc2ccccc2N1c1cc(C#N)ccn1. The van der Waals surface area contributed by atoms with Crippen LogP contribution >= 0.6 is 0 Å². The molecule has 3 heteroatoms. The molecular weight excluding hydrogens is 234 g/mol. The zero-order chi connectivity index (χ0) is 13.2. The fourth-order valence-corrected chi connectivity index (χ4v) is 2.66. The van der Waals surface area contributed by atoms with Crippen LogP contribution in [0.4, 0.5) is 11.5 Å². The first kappa shape index (κ1) is 11.7. The van der Waals surface area contributed by atoms with E-state index in [9.17, 15) is 0 Å². The summed E-state index contributed by atoms with van der Waals surface area (Å²) in [6, 6.07) is 14.6. The molecule has 2 heterocycles. The lowest BCUT2D eigenvalue weighted by molar-refractivity contribution is 0.613. The van der Waals surface area contributed by atoms with Crippen molar-refractivity contribution in [2.75, 3.05) is 4.90 Å². The van der Waals surface area contributed by atoms with Gasteiger partial charge in [-0.3, -0.25) is 0 Å². The third-order valence-corrected chi connectivity index (χ3v) is 3.64. The number of rotatable bonds is 1. The lowest BCUT2D eigenvalue weighted by Gasteiger charge is -2.36. The molecule has 0 bridgehead atoms. The van der Waals surface area contributed by atoms with Crippen molar-refractivity contribution in [3.8, 4) is 6.07 Å². The van der Waals surface area contributed by atoms with Crippen LogP contribution in [0.5, 0.6) is 0 Å². The second-order valence-electron chi connectivity index (χ2n) is 4.90. The van der Waals surface area contributed by atoms with Crippen LogP contribution in [-0.2, 0) is 6.42 Å². The van der Waals surface area contributed by atoms with Crippen molar-refractivity contribution in [2.24, 2.45) is 0 Å². The van der Waals surface area contributed by atoms with Gasteiger partial charge in [-0.2, -0.15) is 5.26 Å². The highest BCUT2D eigenvalue weighted by molar-refractivity contribution is 5.67. The molecule has 0 spiro atoms. The van der Waals surface area contributed by atoms with Crippen molar-refractivity contribution in [3.63, 3.8) is 0 Å². The van der Waals surface area contributed by atoms with Gasteiger partial charge in [0.25, 0.3) is 0 Å². The Balaban J connectivity index is 2.11. The minimum Gasteiger partial charge on any atom is -0.323 e. The van der Waals surface area contributed by atoms with Crippen molar-refractivity contribution in [2.45, 2.75) is 25.8 Å². The number of pyridine rings is 1. The Morgan fingerprint density at radius 1 is 1.32 bits per heavy atom. The monoisotopic (exact) mass is 249 g/mol. The maximum atomic E-state index is 9.03. The van der Waals surface area contributed by atoms with E-state index >= 15 is 0 Å². The van der Waals surface area contributed by atoms with E-state index in [1.807, 2.05) is 6.07 Å². The standard InChI is InChI=1S/C16H15N3/c1-12-6-7-14-4-2-3-5-15(14)19(12)16-10-13(11-17)8-9-18-16/h2-5,8-10,12H,6-7H2,1H3. The van der Waals surface area contributed by atoms with E-state index in [0.717, 1.165) is 18.7 Å². The summed E-state index contributed by atoms with van der Waals surface area (Å²) in [7, 11) is 0. The molecule has 1 aromatic heterocycles. The molecular formula is C16H15N3. The van der Waals surface area contributed by atoms with Crippen LogP contribution < -0.4 is 4.90 Å². The Labute approximate surface area is 113 Å². The van der Waals surface area contributed by atoms with Gasteiger partial charge in [0, 0.05) is 17.9 Å². The van der Waals surface area contributed by atoms with Crippen LogP contribution in [0.2, 0.25) is 0 Å². The van der Waals surface area contributed by atoms with Gasteiger partial charge in [0.2, 0.25) is 0 Å². The number of fused-ring (bicyclic) bond motifs is 1. The van der Waals surface area contributed by atoms with Crippen molar-refractivity contribution < 1.29 is 0 Å². The van der Waals surface area contributed by atoms with Crippen LogP contribution in [0.3, 0.4) is 0 Å². The topological polar surface area (TPSA) is 39.9 Å². The molecule has 2 aromatic rings. The number of hydrogen-bond acceptors (Lipinski definition) is 3. The Morgan fingerprint density at radius 2 is 2.16 bits per heavy atom. The second-order valence-corrected chi connectivity index (χ2v) is 4.90. The Hall–Kier alpha value is -2.34. The summed E-state index contributed by atoms with van der Waals surface area (Å²) >= 11 is 0. The number of anilines is 2. The molecule has 19 heavy (non-hydrogen) atoms. The van der Waals surface area contributed by atoms with Crippen LogP contribution in [0.1, 0.15) is 24.5 Å². The number of aryl methyl sites for hydroxylation is 1. The molecule has 0 amide bonds. The summed E-state index contributed by atoms with van der Waals surface area (Å²) in [5.74, 6) is 0.860. The Bertz CT molecular complexity index is 642. The third kappa shape index (κ3) is 2.06. The molecule has 1 aliphatic heterocycles. The summed E-state index contributed by atoms with van der Waals surface area (Å²) in [5, 5.41) is 9.03. The third-order valence-electron chi connectivity index (χ3n) is 3.64. The summed E-state index contributed by atoms with van der Waals surface area (Å²) < 4.78 is 0. The fourth-order valence-electron chi connectivity index (χ4n) is 2.66. The molecule has 3 nitrogen and oxygen atoms in total. The van der Waals surface area contributed by atoms with Crippen molar-refractivity contribution in [1.82, 2.24) is 4.98 Å². The quantitative estimate of drug-likeness (QED) is 0.777. The number of benzene rings is 1. The number of para-hydroxylation sites is 1. The highest BCUT2D eigenvalue weighted by Gasteiger charge is 2.24. The van der Waals surface area contributed by atoms with Gasteiger partial charge in [-0.1, -0.05) is 18.2 Å². The molecule has 94 valence electrons. The normalized spacial score (nSPS) is 17.7. The average Bonchev–Trinajstić information content (AvgIpc) is 2.47. The van der Waals surface area contributed by atoms with E-state index in [2.05, 4.69) is 47.1 Å². The summed E-state index contributed by atoms with van der Waals surface area (Å²) in [6.45, 7) is 2.21. The van der Waals surface area contributed by atoms with Gasteiger partial charge >= 0.3 is 0 Å².